The zero-order chi connectivity index (χ0) is 13.2. The third kappa shape index (κ3) is 3.10. The minimum Gasteiger partial charge on any atom is -0.388 e. The molecule has 1 saturated heterocycles. The molecule has 0 spiro atoms. The monoisotopic (exact) mass is 248 g/mol. The minimum absolute atomic E-state index is 0.0586. The molecule has 0 unspecified atom stereocenters. The fourth-order valence-electron chi connectivity index (χ4n) is 2.90. The molecule has 0 radical (unpaired) electrons. The summed E-state index contributed by atoms with van der Waals surface area (Å²) in [6.45, 7) is 8.94. The van der Waals surface area contributed by atoms with Crippen LogP contribution in [0.2, 0.25) is 0 Å². The van der Waals surface area contributed by atoms with Crippen molar-refractivity contribution in [2.45, 2.75) is 38.5 Å². The van der Waals surface area contributed by atoms with E-state index in [1.165, 1.54) is 5.56 Å². The number of hydrogen-bond donors (Lipinski definition) is 2. The number of benzene rings is 1. The lowest BCUT2D eigenvalue weighted by molar-refractivity contribution is -0.0302. The van der Waals surface area contributed by atoms with Gasteiger partial charge >= 0.3 is 0 Å². The number of aliphatic hydroxyl groups is 1. The fourth-order valence-corrected chi connectivity index (χ4v) is 2.90. The highest BCUT2D eigenvalue weighted by Crippen LogP contribution is 2.32. The Bertz CT molecular complexity index is 372. The van der Waals surface area contributed by atoms with Gasteiger partial charge in [-0.1, -0.05) is 30.3 Å². The van der Waals surface area contributed by atoms with E-state index in [1.54, 1.807) is 0 Å². The second-order valence-corrected chi connectivity index (χ2v) is 5.82. The van der Waals surface area contributed by atoms with Crippen molar-refractivity contribution >= 4 is 0 Å². The van der Waals surface area contributed by atoms with Crippen LogP contribution in [0.5, 0.6) is 0 Å². The molecule has 3 nitrogen and oxygen atoms in total. The molecule has 1 aromatic carbocycles. The van der Waals surface area contributed by atoms with E-state index in [0.717, 1.165) is 19.6 Å². The van der Waals surface area contributed by atoms with Gasteiger partial charge in [-0.3, -0.25) is 4.90 Å². The van der Waals surface area contributed by atoms with E-state index < -0.39 is 5.60 Å². The molecular formula is C15H24N2O. The Balaban J connectivity index is 2.26. The molecule has 1 aliphatic rings. The van der Waals surface area contributed by atoms with Gasteiger partial charge in [0.1, 0.15) is 0 Å². The van der Waals surface area contributed by atoms with Crippen molar-refractivity contribution in [1.29, 1.82) is 0 Å². The van der Waals surface area contributed by atoms with Crippen molar-refractivity contribution in [2.75, 3.05) is 19.6 Å². The van der Waals surface area contributed by atoms with Crippen LogP contribution >= 0.6 is 0 Å². The van der Waals surface area contributed by atoms with Gasteiger partial charge in [-0.25, -0.2) is 0 Å². The maximum absolute atomic E-state index is 10.5. The SMILES string of the molecule is C[C@@H]1CN([C@H](c2ccccc2)C(C)(C)O)CCN1. The van der Waals surface area contributed by atoms with Crippen molar-refractivity contribution in [2.24, 2.45) is 0 Å². The summed E-state index contributed by atoms with van der Waals surface area (Å²) < 4.78 is 0. The number of nitrogens with one attached hydrogen (secondary N) is 1. The first-order valence-electron chi connectivity index (χ1n) is 6.73. The van der Waals surface area contributed by atoms with E-state index in [0.29, 0.717) is 6.04 Å². The molecular weight excluding hydrogens is 224 g/mol. The zero-order valence-electron chi connectivity index (χ0n) is 11.6. The molecule has 0 amide bonds. The van der Waals surface area contributed by atoms with Gasteiger partial charge in [-0.2, -0.15) is 0 Å². The summed E-state index contributed by atoms with van der Waals surface area (Å²) in [5, 5.41) is 14.0. The van der Waals surface area contributed by atoms with Crippen LogP contribution in [-0.4, -0.2) is 41.3 Å². The predicted molar refractivity (Wildman–Crippen MR) is 74.5 cm³/mol. The fraction of sp³-hybridized carbons (Fsp3) is 0.600. The van der Waals surface area contributed by atoms with Gasteiger partial charge in [0.15, 0.2) is 0 Å². The van der Waals surface area contributed by atoms with Crippen LogP contribution in [0, 0.1) is 0 Å². The molecule has 0 saturated carbocycles. The van der Waals surface area contributed by atoms with Crippen molar-refractivity contribution in [1.82, 2.24) is 10.2 Å². The van der Waals surface area contributed by atoms with Crippen LogP contribution in [-0.2, 0) is 0 Å². The summed E-state index contributed by atoms with van der Waals surface area (Å²) in [6, 6.07) is 10.9. The van der Waals surface area contributed by atoms with Crippen LogP contribution in [0.3, 0.4) is 0 Å². The number of rotatable bonds is 3. The van der Waals surface area contributed by atoms with Gasteiger partial charge in [0, 0.05) is 25.7 Å². The van der Waals surface area contributed by atoms with Gasteiger partial charge in [0.05, 0.1) is 11.6 Å². The Hall–Kier alpha value is -0.900. The first-order valence-corrected chi connectivity index (χ1v) is 6.73. The Labute approximate surface area is 110 Å². The second-order valence-electron chi connectivity index (χ2n) is 5.82. The highest BCUT2D eigenvalue weighted by atomic mass is 16.3. The Kier molecular flexibility index (Phi) is 4.05. The molecule has 1 heterocycles. The first kappa shape index (κ1) is 13.5. The van der Waals surface area contributed by atoms with E-state index in [9.17, 15) is 5.11 Å². The minimum atomic E-state index is -0.738. The Morgan fingerprint density at radius 1 is 1.33 bits per heavy atom. The maximum atomic E-state index is 10.5. The standard InChI is InChI=1S/C15H24N2O/c1-12-11-17(10-9-16-12)14(15(2,3)18)13-7-5-4-6-8-13/h4-8,12,14,16,18H,9-11H2,1-3H3/t12-,14-/m1/s1. The summed E-state index contributed by atoms with van der Waals surface area (Å²) in [5.74, 6) is 0. The number of nitrogens with zero attached hydrogens (tertiary/aromatic N) is 1. The van der Waals surface area contributed by atoms with Crippen molar-refractivity contribution in [3.63, 3.8) is 0 Å². The molecule has 2 rings (SSSR count). The van der Waals surface area contributed by atoms with Crippen LogP contribution in [0.15, 0.2) is 30.3 Å². The molecule has 1 fully saturated rings. The Morgan fingerprint density at radius 2 is 2.00 bits per heavy atom. The van der Waals surface area contributed by atoms with Crippen LogP contribution in [0.4, 0.5) is 0 Å². The summed E-state index contributed by atoms with van der Waals surface area (Å²) in [6.07, 6.45) is 0. The second kappa shape index (κ2) is 5.39. The van der Waals surface area contributed by atoms with Gasteiger partial charge in [0.2, 0.25) is 0 Å². The van der Waals surface area contributed by atoms with E-state index in [1.807, 2.05) is 32.0 Å². The summed E-state index contributed by atoms with van der Waals surface area (Å²) in [7, 11) is 0. The molecule has 1 aliphatic heterocycles. The zero-order valence-corrected chi connectivity index (χ0v) is 11.6. The van der Waals surface area contributed by atoms with E-state index in [4.69, 9.17) is 0 Å². The molecule has 2 atom stereocenters. The van der Waals surface area contributed by atoms with E-state index >= 15 is 0 Å². The molecule has 0 aromatic heterocycles. The average Bonchev–Trinajstić information content (AvgIpc) is 2.28. The molecule has 2 N–H and O–H groups in total. The Morgan fingerprint density at radius 3 is 2.56 bits per heavy atom. The van der Waals surface area contributed by atoms with Gasteiger partial charge in [-0.15, -0.1) is 0 Å². The number of piperazine rings is 1. The predicted octanol–water partition coefficient (Wildman–Crippen LogP) is 1.79. The quantitative estimate of drug-likeness (QED) is 0.856. The summed E-state index contributed by atoms with van der Waals surface area (Å²) in [4.78, 5) is 2.39. The van der Waals surface area contributed by atoms with Crippen molar-refractivity contribution in [3.05, 3.63) is 35.9 Å². The molecule has 0 aliphatic carbocycles. The highest BCUT2D eigenvalue weighted by Gasteiger charge is 2.35. The van der Waals surface area contributed by atoms with Crippen LogP contribution in [0.1, 0.15) is 32.4 Å². The van der Waals surface area contributed by atoms with Gasteiger partial charge < -0.3 is 10.4 Å². The molecule has 0 bridgehead atoms. The van der Waals surface area contributed by atoms with Crippen molar-refractivity contribution in [3.8, 4) is 0 Å². The van der Waals surface area contributed by atoms with Crippen molar-refractivity contribution < 1.29 is 5.11 Å². The maximum Gasteiger partial charge on any atom is 0.0787 e. The molecule has 1 aromatic rings. The lowest BCUT2D eigenvalue weighted by atomic mass is 9.89. The first-order chi connectivity index (χ1) is 8.48. The molecule has 18 heavy (non-hydrogen) atoms. The average molecular weight is 248 g/mol. The molecule has 100 valence electrons. The van der Waals surface area contributed by atoms with Gasteiger partial charge in [-0.05, 0) is 26.3 Å². The highest BCUT2D eigenvalue weighted by molar-refractivity contribution is 5.22. The van der Waals surface area contributed by atoms with Crippen LogP contribution in [0.25, 0.3) is 0 Å². The van der Waals surface area contributed by atoms with E-state index in [-0.39, 0.29) is 6.04 Å². The lowest BCUT2D eigenvalue weighted by Gasteiger charge is -2.43. The summed E-state index contributed by atoms with van der Waals surface area (Å²) >= 11 is 0. The smallest absolute Gasteiger partial charge is 0.0787 e. The molecule has 3 heteroatoms. The lowest BCUT2D eigenvalue weighted by Crippen LogP contribution is -2.54. The number of hydrogen-bond acceptors (Lipinski definition) is 3. The largest absolute Gasteiger partial charge is 0.388 e. The third-order valence-corrected chi connectivity index (χ3v) is 3.55. The van der Waals surface area contributed by atoms with E-state index in [2.05, 4.69) is 29.3 Å². The third-order valence-electron chi connectivity index (χ3n) is 3.55. The van der Waals surface area contributed by atoms with Crippen LogP contribution < -0.4 is 5.32 Å². The van der Waals surface area contributed by atoms with Gasteiger partial charge in [0.25, 0.3) is 0 Å². The normalized spacial score (nSPS) is 23.9. The summed E-state index contributed by atoms with van der Waals surface area (Å²) in [5.41, 5.74) is 0.456. The topological polar surface area (TPSA) is 35.5 Å².